The van der Waals surface area contributed by atoms with Crippen molar-refractivity contribution in [2.45, 2.75) is 0 Å². The van der Waals surface area contributed by atoms with E-state index in [4.69, 9.17) is 8.83 Å². The predicted molar refractivity (Wildman–Crippen MR) is 167 cm³/mol. The summed E-state index contributed by atoms with van der Waals surface area (Å²) in [4.78, 5) is 0. The summed E-state index contributed by atoms with van der Waals surface area (Å²) in [7, 11) is 0. The zero-order chi connectivity index (χ0) is 28.2. The molecule has 4 nitrogen and oxygen atoms in total. The quantitative estimate of drug-likeness (QED) is 0.225. The Bertz CT molecular complexity index is 2450. The first-order chi connectivity index (χ1) is 20.7. The summed E-state index contributed by atoms with van der Waals surface area (Å²) < 4.78 is 12.4. The molecule has 8 aromatic rings. The summed E-state index contributed by atoms with van der Waals surface area (Å²) in [5, 5.41) is 24.3. The molecule has 0 atom stereocenters. The molecule has 194 valence electrons. The van der Waals surface area contributed by atoms with Crippen LogP contribution in [0.25, 0.3) is 77.3 Å². The standard InChI is InChI=1S/C38H20N2O2/c39-21-23-6-5-7-25(16-23)32-17-27(24-12-14-30-28-8-1-3-10-35(28)41-37(30)19-24)18-33(34(32)22-40)26-13-15-31-29-9-2-4-11-36(29)42-38(31)20-26/h1-20H. The van der Waals surface area contributed by atoms with Crippen LogP contribution < -0.4 is 0 Å². The molecule has 4 heteroatoms. The molecule has 2 aromatic heterocycles. The average Bonchev–Trinajstić information content (AvgIpc) is 3.61. The molecule has 0 saturated heterocycles. The van der Waals surface area contributed by atoms with Gasteiger partial charge in [0, 0.05) is 32.7 Å². The highest BCUT2D eigenvalue weighted by Crippen LogP contribution is 2.40. The fourth-order valence-electron chi connectivity index (χ4n) is 5.94. The molecule has 0 amide bonds. The van der Waals surface area contributed by atoms with Crippen LogP contribution in [-0.4, -0.2) is 0 Å². The van der Waals surface area contributed by atoms with Gasteiger partial charge in [0.25, 0.3) is 0 Å². The van der Waals surface area contributed by atoms with Crippen LogP contribution in [0.2, 0.25) is 0 Å². The monoisotopic (exact) mass is 536 g/mol. The lowest BCUT2D eigenvalue weighted by molar-refractivity contribution is 0.668. The van der Waals surface area contributed by atoms with E-state index < -0.39 is 0 Å². The molecule has 0 fully saturated rings. The highest BCUT2D eigenvalue weighted by Gasteiger charge is 2.18. The van der Waals surface area contributed by atoms with Gasteiger partial charge in [-0.1, -0.05) is 60.7 Å². The molecule has 2 heterocycles. The third-order valence-corrected chi connectivity index (χ3v) is 7.95. The fourth-order valence-corrected chi connectivity index (χ4v) is 5.94. The van der Waals surface area contributed by atoms with Crippen LogP contribution in [0.5, 0.6) is 0 Å². The van der Waals surface area contributed by atoms with Gasteiger partial charge in [0.2, 0.25) is 0 Å². The summed E-state index contributed by atoms with van der Waals surface area (Å²) in [6, 6.07) is 44.5. The van der Waals surface area contributed by atoms with Gasteiger partial charge in [-0.15, -0.1) is 0 Å². The smallest absolute Gasteiger partial charge is 0.136 e. The second-order valence-electron chi connectivity index (χ2n) is 10.4. The van der Waals surface area contributed by atoms with Gasteiger partial charge in [-0.2, -0.15) is 10.5 Å². The Balaban J connectivity index is 1.39. The number of benzene rings is 6. The number of rotatable bonds is 3. The van der Waals surface area contributed by atoms with E-state index in [1.807, 2.05) is 72.8 Å². The normalized spacial score (nSPS) is 11.3. The number of nitrogens with zero attached hydrogens (tertiary/aromatic N) is 2. The van der Waals surface area contributed by atoms with E-state index in [9.17, 15) is 10.5 Å². The minimum absolute atomic E-state index is 0.536. The first kappa shape index (κ1) is 23.8. The van der Waals surface area contributed by atoms with E-state index in [-0.39, 0.29) is 0 Å². The van der Waals surface area contributed by atoms with Crippen LogP contribution >= 0.6 is 0 Å². The van der Waals surface area contributed by atoms with Crippen LogP contribution in [0.1, 0.15) is 11.1 Å². The molecule has 0 spiro atoms. The Labute approximate surface area is 240 Å². The van der Waals surface area contributed by atoms with Crippen LogP contribution in [0, 0.1) is 22.7 Å². The number of para-hydroxylation sites is 2. The number of furan rings is 2. The van der Waals surface area contributed by atoms with Gasteiger partial charge in [-0.05, 0) is 82.9 Å². The van der Waals surface area contributed by atoms with Gasteiger partial charge in [0.1, 0.15) is 28.4 Å². The van der Waals surface area contributed by atoms with E-state index in [0.717, 1.165) is 77.3 Å². The number of hydrogen-bond acceptors (Lipinski definition) is 4. The number of nitriles is 2. The van der Waals surface area contributed by atoms with E-state index in [0.29, 0.717) is 11.1 Å². The molecule has 0 aliphatic rings. The van der Waals surface area contributed by atoms with E-state index >= 15 is 0 Å². The van der Waals surface area contributed by atoms with Crippen LogP contribution in [0.3, 0.4) is 0 Å². The summed E-state index contributed by atoms with van der Waals surface area (Å²) in [6.07, 6.45) is 0. The minimum Gasteiger partial charge on any atom is -0.456 e. The Kier molecular flexibility index (Phi) is 5.22. The van der Waals surface area contributed by atoms with E-state index in [1.54, 1.807) is 6.07 Å². The molecule has 0 radical (unpaired) electrons. The minimum atomic E-state index is 0.536. The zero-order valence-corrected chi connectivity index (χ0v) is 22.3. The maximum atomic E-state index is 10.5. The molecule has 8 rings (SSSR count). The van der Waals surface area contributed by atoms with Crippen LogP contribution in [0.4, 0.5) is 0 Å². The predicted octanol–water partition coefficient (Wildman–Crippen LogP) is 10.2. The second-order valence-corrected chi connectivity index (χ2v) is 10.4. The van der Waals surface area contributed by atoms with Crippen molar-refractivity contribution in [2.24, 2.45) is 0 Å². The second kappa shape index (κ2) is 9.24. The van der Waals surface area contributed by atoms with Gasteiger partial charge in [0.15, 0.2) is 0 Å². The maximum absolute atomic E-state index is 10.5. The number of fused-ring (bicyclic) bond motifs is 6. The molecule has 42 heavy (non-hydrogen) atoms. The lowest BCUT2D eigenvalue weighted by Gasteiger charge is -2.14. The molecule has 0 aliphatic carbocycles. The highest BCUT2D eigenvalue weighted by atomic mass is 16.3. The molecular weight excluding hydrogens is 516 g/mol. The SMILES string of the molecule is N#Cc1cccc(-c2cc(-c3ccc4c(c3)oc3ccccc34)cc(-c3ccc4c(c3)oc3ccccc34)c2C#N)c1. The Morgan fingerprint density at radius 3 is 1.57 bits per heavy atom. The van der Waals surface area contributed by atoms with Gasteiger partial charge < -0.3 is 8.83 Å². The Morgan fingerprint density at radius 1 is 0.405 bits per heavy atom. The van der Waals surface area contributed by atoms with Gasteiger partial charge in [0.05, 0.1) is 17.2 Å². The molecule has 0 saturated carbocycles. The Morgan fingerprint density at radius 2 is 0.952 bits per heavy atom. The van der Waals surface area contributed by atoms with Crippen LogP contribution in [0.15, 0.2) is 130 Å². The Hall–Kier alpha value is -6.10. The van der Waals surface area contributed by atoms with Crippen molar-refractivity contribution in [3.8, 4) is 45.5 Å². The molecule has 0 unspecified atom stereocenters. The van der Waals surface area contributed by atoms with Gasteiger partial charge in [-0.3, -0.25) is 0 Å². The maximum Gasteiger partial charge on any atom is 0.136 e. The highest BCUT2D eigenvalue weighted by molar-refractivity contribution is 6.07. The van der Waals surface area contributed by atoms with Crippen molar-refractivity contribution < 1.29 is 8.83 Å². The lowest BCUT2D eigenvalue weighted by atomic mass is 9.87. The summed E-state index contributed by atoms with van der Waals surface area (Å²) in [6.45, 7) is 0. The third-order valence-electron chi connectivity index (χ3n) is 7.95. The van der Waals surface area contributed by atoms with Crippen LogP contribution in [-0.2, 0) is 0 Å². The topological polar surface area (TPSA) is 73.9 Å². The largest absolute Gasteiger partial charge is 0.456 e. The van der Waals surface area contributed by atoms with Crippen molar-refractivity contribution in [3.63, 3.8) is 0 Å². The number of hydrogen-bond donors (Lipinski definition) is 0. The lowest BCUT2D eigenvalue weighted by Crippen LogP contribution is -1.93. The van der Waals surface area contributed by atoms with Crippen molar-refractivity contribution in [1.29, 1.82) is 10.5 Å². The molecule has 6 aromatic carbocycles. The first-order valence-electron chi connectivity index (χ1n) is 13.6. The first-order valence-corrected chi connectivity index (χ1v) is 13.6. The van der Waals surface area contributed by atoms with Crippen molar-refractivity contribution in [1.82, 2.24) is 0 Å². The summed E-state index contributed by atoms with van der Waals surface area (Å²) in [5.41, 5.74) is 9.45. The van der Waals surface area contributed by atoms with Crippen molar-refractivity contribution in [2.75, 3.05) is 0 Å². The molecule has 0 aliphatic heterocycles. The molecular formula is C38H20N2O2. The van der Waals surface area contributed by atoms with E-state index in [2.05, 4.69) is 54.6 Å². The van der Waals surface area contributed by atoms with Crippen molar-refractivity contribution in [3.05, 3.63) is 132 Å². The van der Waals surface area contributed by atoms with Crippen molar-refractivity contribution >= 4 is 43.9 Å². The fraction of sp³-hybridized carbons (Fsp3) is 0. The van der Waals surface area contributed by atoms with Gasteiger partial charge in [-0.25, -0.2) is 0 Å². The third kappa shape index (κ3) is 3.68. The molecule has 0 bridgehead atoms. The zero-order valence-electron chi connectivity index (χ0n) is 22.3. The molecule has 0 N–H and O–H groups in total. The summed E-state index contributed by atoms with van der Waals surface area (Å²) in [5.74, 6) is 0. The summed E-state index contributed by atoms with van der Waals surface area (Å²) >= 11 is 0. The van der Waals surface area contributed by atoms with Gasteiger partial charge >= 0.3 is 0 Å². The average molecular weight is 537 g/mol. The van der Waals surface area contributed by atoms with E-state index in [1.165, 1.54) is 0 Å².